The molecule has 0 saturated carbocycles. The van der Waals surface area contributed by atoms with Gasteiger partial charge in [0.15, 0.2) is 0 Å². The molecular formula is C12H25NO. The second-order valence-corrected chi connectivity index (χ2v) is 4.51. The van der Waals surface area contributed by atoms with Crippen LogP contribution in [0.3, 0.4) is 0 Å². The lowest BCUT2D eigenvalue weighted by Crippen LogP contribution is -2.23. The SMILES string of the molecule is CCCCCCCCN1CC[C@H](O)C1. The van der Waals surface area contributed by atoms with Crippen LogP contribution >= 0.6 is 0 Å². The number of likely N-dealkylation sites (tertiary alicyclic amines) is 1. The van der Waals surface area contributed by atoms with E-state index in [2.05, 4.69) is 11.8 Å². The molecule has 1 aliphatic heterocycles. The molecule has 1 heterocycles. The third-order valence-electron chi connectivity index (χ3n) is 3.08. The van der Waals surface area contributed by atoms with E-state index >= 15 is 0 Å². The Morgan fingerprint density at radius 1 is 1.14 bits per heavy atom. The van der Waals surface area contributed by atoms with Crippen molar-refractivity contribution in [1.82, 2.24) is 4.90 Å². The van der Waals surface area contributed by atoms with Crippen molar-refractivity contribution < 1.29 is 5.11 Å². The summed E-state index contributed by atoms with van der Waals surface area (Å²) in [5.41, 5.74) is 0. The third kappa shape index (κ3) is 4.97. The molecule has 1 fully saturated rings. The fourth-order valence-electron chi connectivity index (χ4n) is 2.13. The van der Waals surface area contributed by atoms with E-state index in [0.717, 1.165) is 19.5 Å². The molecule has 1 rings (SSSR count). The Hall–Kier alpha value is -0.0800. The van der Waals surface area contributed by atoms with Gasteiger partial charge in [-0.15, -0.1) is 0 Å². The summed E-state index contributed by atoms with van der Waals surface area (Å²) in [4.78, 5) is 2.39. The number of nitrogens with zero attached hydrogens (tertiary/aromatic N) is 1. The lowest BCUT2D eigenvalue weighted by molar-refractivity contribution is 0.175. The highest BCUT2D eigenvalue weighted by atomic mass is 16.3. The van der Waals surface area contributed by atoms with Crippen LogP contribution in [-0.2, 0) is 0 Å². The van der Waals surface area contributed by atoms with Crippen molar-refractivity contribution >= 4 is 0 Å². The molecule has 0 aromatic rings. The van der Waals surface area contributed by atoms with Crippen molar-refractivity contribution in [2.24, 2.45) is 0 Å². The fraction of sp³-hybridized carbons (Fsp3) is 1.00. The average Bonchev–Trinajstić information content (AvgIpc) is 2.58. The van der Waals surface area contributed by atoms with Crippen LogP contribution in [0.4, 0.5) is 0 Å². The van der Waals surface area contributed by atoms with Gasteiger partial charge < -0.3 is 10.0 Å². The van der Waals surface area contributed by atoms with Crippen molar-refractivity contribution in [3.8, 4) is 0 Å². The van der Waals surface area contributed by atoms with Crippen LogP contribution in [0, 0.1) is 0 Å². The fourth-order valence-corrected chi connectivity index (χ4v) is 2.13. The first-order valence-corrected chi connectivity index (χ1v) is 6.23. The zero-order valence-electron chi connectivity index (χ0n) is 9.54. The topological polar surface area (TPSA) is 23.5 Å². The lowest BCUT2D eigenvalue weighted by Gasteiger charge is -2.14. The van der Waals surface area contributed by atoms with Gasteiger partial charge >= 0.3 is 0 Å². The molecule has 2 nitrogen and oxygen atoms in total. The van der Waals surface area contributed by atoms with Gasteiger partial charge in [0.05, 0.1) is 6.10 Å². The molecule has 0 radical (unpaired) electrons. The maximum absolute atomic E-state index is 9.33. The normalized spacial score (nSPS) is 23.1. The standard InChI is InChI=1S/C12H25NO/c1-2-3-4-5-6-7-9-13-10-8-12(14)11-13/h12,14H,2-11H2,1H3/t12-/m0/s1. The van der Waals surface area contributed by atoms with Crippen LogP contribution in [0.5, 0.6) is 0 Å². The molecule has 0 bridgehead atoms. The maximum atomic E-state index is 9.33. The van der Waals surface area contributed by atoms with Gasteiger partial charge in [0, 0.05) is 13.1 Å². The Balaban J connectivity index is 1.84. The van der Waals surface area contributed by atoms with Gasteiger partial charge in [0.2, 0.25) is 0 Å². The summed E-state index contributed by atoms with van der Waals surface area (Å²) in [6.07, 6.45) is 9.14. The summed E-state index contributed by atoms with van der Waals surface area (Å²) in [6, 6.07) is 0. The van der Waals surface area contributed by atoms with Gasteiger partial charge in [0.25, 0.3) is 0 Å². The Bertz CT molecular complexity index is 138. The number of β-amino-alcohol motifs (C(OH)–C–C–N with tert-alkyl or cyclic N) is 1. The summed E-state index contributed by atoms with van der Waals surface area (Å²) in [5.74, 6) is 0. The highest BCUT2D eigenvalue weighted by Gasteiger charge is 2.18. The smallest absolute Gasteiger partial charge is 0.0679 e. The summed E-state index contributed by atoms with van der Waals surface area (Å²) in [7, 11) is 0. The molecule has 0 aromatic heterocycles. The quantitative estimate of drug-likeness (QED) is 0.636. The summed E-state index contributed by atoms with van der Waals surface area (Å²) >= 11 is 0. The van der Waals surface area contributed by atoms with Crippen LogP contribution in [-0.4, -0.2) is 35.7 Å². The molecular weight excluding hydrogens is 174 g/mol. The Kier molecular flexibility index (Phi) is 6.20. The number of unbranched alkanes of at least 4 members (excludes halogenated alkanes) is 5. The van der Waals surface area contributed by atoms with E-state index in [1.54, 1.807) is 0 Å². The van der Waals surface area contributed by atoms with Gasteiger partial charge in [0.1, 0.15) is 0 Å². The number of aliphatic hydroxyl groups excluding tert-OH is 1. The first kappa shape index (κ1) is 12.0. The summed E-state index contributed by atoms with van der Waals surface area (Å²) < 4.78 is 0. The van der Waals surface area contributed by atoms with E-state index < -0.39 is 0 Å². The van der Waals surface area contributed by atoms with Gasteiger partial charge in [-0.2, -0.15) is 0 Å². The molecule has 1 N–H and O–H groups in total. The van der Waals surface area contributed by atoms with Crippen LogP contribution in [0.2, 0.25) is 0 Å². The Labute approximate surface area is 88.3 Å². The molecule has 0 spiro atoms. The molecule has 0 amide bonds. The molecule has 1 aliphatic rings. The first-order valence-electron chi connectivity index (χ1n) is 6.23. The Morgan fingerprint density at radius 3 is 2.50 bits per heavy atom. The maximum Gasteiger partial charge on any atom is 0.0679 e. The van der Waals surface area contributed by atoms with Crippen LogP contribution < -0.4 is 0 Å². The van der Waals surface area contributed by atoms with E-state index in [4.69, 9.17) is 0 Å². The van der Waals surface area contributed by atoms with E-state index in [0.29, 0.717) is 0 Å². The number of hydrogen-bond donors (Lipinski definition) is 1. The minimum Gasteiger partial charge on any atom is -0.392 e. The van der Waals surface area contributed by atoms with E-state index in [1.807, 2.05) is 0 Å². The van der Waals surface area contributed by atoms with Crippen LogP contribution in [0.1, 0.15) is 51.9 Å². The summed E-state index contributed by atoms with van der Waals surface area (Å²) in [5, 5.41) is 9.33. The lowest BCUT2D eigenvalue weighted by atomic mass is 10.1. The minimum atomic E-state index is -0.0462. The predicted octanol–water partition coefficient (Wildman–Crippen LogP) is 2.41. The molecule has 0 aromatic carbocycles. The van der Waals surface area contributed by atoms with Gasteiger partial charge in [-0.3, -0.25) is 0 Å². The zero-order valence-corrected chi connectivity index (χ0v) is 9.54. The number of rotatable bonds is 7. The second-order valence-electron chi connectivity index (χ2n) is 4.51. The van der Waals surface area contributed by atoms with Crippen LogP contribution in [0.15, 0.2) is 0 Å². The molecule has 2 heteroatoms. The molecule has 0 aliphatic carbocycles. The van der Waals surface area contributed by atoms with Crippen molar-refractivity contribution in [2.75, 3.05) is 19.6 Å². The minimum absolute atomic E-state index is 0.0462. The van der Waals surface area contributed by atoms with Crippen molar-refractivity contribution in [3.63, 3.8) is 0 Å². The van der Waals surface area contributed by atoms with Gasteiger partial charge in [-0.25, -0.2) is 0 Å². The van der Waals surface area contributed by atoms with Crippen molar-refractivity contribution in [2.45, 2.75) is 58.0 Å². The second kappa shape index (κ2) is 7.24. The molecule has 0 unspecified atom stereocenters. The number of hydrogen-bond acceptors (Lipinski definition) is 2. The molecule has 1 saturated heterocycles. The third-order valence-corrected chi connectivity index (χ3v) is 3.08. The highest BCUT2D eigenvalue weighted by molar-refractivity contribution is 4.73. The first-order chi connectivity index (χ1) is 6.83. The van der Waals surface area contributed by atoms with E-state index in [-0.39, 0.29) is 6.10 Å². The zero-order chi connectivity index (χ0) is 10.2. The number of aliphatic hydroxyl groups is 1. The monoisotopic (exact) mass is 199 g/mol. The largest absolute Gasteiger partial charge is 0.392 e. The van der Waals surface area contributed by atoms with Crippen molar-refractivity contribution in [3.05, 3.63) is 0 Å². The van der Waals surface area contributed by atoms with Crippen LogP contribution in [0.25, 0.3) is 0 Å². The van der Waals surface area contributed by atoms with Gasteiger partial charge in [-0.1, -0.05) is 39.0 Å². The van der Waals surface area contributed by atoms with Gasteiger partial charge in [-0.05, 0) is 19.4 Å². The van der Waals surface area contributed by atoms with Crippen molar-refractivity contribution in [1.29, 1.82) is 0 Å². The van der Waals surface area contributed by atoms with E-state index in [1.165, 1.54) is 45.1 Å². The van der Waals surface area contributed by atoms with E-state index in [9.17, 15) is 5.11 Å². The average molecular weight is 199 g/mol. The summed E-state index contributed by atoms with van der Waals surface area (Å²) in [6.45, 7) is 5.47. The highest BCUT2D eigenvalue weighted by Crippen LogP contribution is 2.11. The Morgan fingerprint density at radius 2 is 1.86 bits per heavy atom. The molecule has 14 heavy (non-hydrogen) atoms. The molecule has 84 valence electrons. The predicted molar refractivity (Wildman–Crippen MR) is 60.4 cm³/mol. The molecule has 1 atom stereocenters.